The van der Waals surface area contributed by atoms with Gasteiger partial charge in [-0.2, -0.15) is 4.98 Å². The quantitative estimate of drug-likeness (QED) is 0.726. The highest BCUT2D eigenvalue weighted by Gasteiger charge is 2.35. The van der Waals surface area contributed by atoms with E-state index in [1.54, 1.807) is 12.1 Å². The van der Waals surface area contributed by atoms with Crippen LogP contribution in [0.5, 0.6) is 0 Å². The number of nitrogens with zero attached hydrogens (tertiary/aromatic N) is 3. The molecular formula is C17H14FN3O2S. The van der Waals surface area contributed by atoms with Gasteiger partial charge < -0.3 is 9.42 Å². The van der Waals surface area contributed by atoms with E-state index >= 15 is 0 Å². The molecule has 1 aromatic carbocycles. The van der Waals surface area contributed by atoms with Crippen molar-refractivity contribution in [1.82, 2.24) is 10.1 Å². The molecule has 1 aliphatic rings. The smallest absolute Gasteiger partial charge is 0.267 e. The zero-order valence-corrected chi connectivity index (χ0v) is 13.7. The summed E-state index contributed by atoms with van der Waals surface area (Å²) in [4.78, 5) is 19.0. The standard InChI is InChI=1S/C17H14FN3O2S/c1-10-4-5-13(12(18)7-10)21-9-11(8-15(21)22)16-19-17(23-20-16)14-3-2-6-24-14/h2-7,11H,8-9H2,1H3. The normalized spacial score (nSPS) is 17.7. The van der Waals surface area contributed by atoms with Gasteiger partial charge in [0.25, 0.3) is 5.89 Å². The van der Waals surface area contributed by atoms with E-state index in [0.717, 1.165) is 10.4 Å². The molecule has 0 bridgehead atoms. The first-order chi connectivity index (χ1) is 11.6. The van der Waals surface area contributed by atoms with Gasteiger partial charge in [0.05, 0.1) is 10.6 Å². The van der Waals surface area contributed by atoms with Crippen molar-refractivity contribution in [3.63, 3.8) is 0 Å². The number of rotatable bonds is 3. The molecule has 7 heteroatoms. The first-order valence-corrected chi connectivity index (χ1v) is 8.44. The number of anilines is 1. The number of thiophene rings is 1. The molecule has 3 heterocycles. The summed E-state index contributed by atoms with van der Waals surface area (Å²) in [6.45, 7) is 2.16. The van der Waals surface area contributed by atoms with Crippen molar-refractivity contribution in [2.45, 2.75) is 19.3 Å². The second-order valence-electron chi connectivity index (χ2n) is 5.80. The Balaban J connectivity index is 1.58. The van der Waals surface area contributed by atoms with Crippen LogP contribution in [-0.2, 0) is 4.79 Å². The minimum absolute atomic E-state index is 0.134. The maximum atomic E-state index is 14.2. The Labute approximate surface area is 141 Å². The number of amides is 1. The Morgan fingerprint density at radius 1 is 1.38 bits per heavy atom. The second kappa shape index (κ2) is 5.83. The van der Waals surface area contributed by atoms with E-state index in [1.165, 1.54) is 22.3 Å². The molecule has 1 atom stereocenters. The second-order valence-corrected chi connectivity index (χ2v) is 6.74. The molecule has 24 heavy (non-hydrogen) atoms. The van der Waals surface area contributed by atoms with Crippen LogP contribution < -0.4 is 4.90 Å². The fraction of sp³-hybridized carbons (Fsp3) is 0.235. The van der Waals surface area contributed by atoms with Gasteiger partial charge in [0.1, 0.15) is 5.82 Å². The first-order valence-electron chi connectivity index (χ1n) is 7.56. The van der Waals surface area contributed by atoms with Crippen LogP contribution in [0.3, 0.4) is 0 Å². The SMILES string of the molecule is Cc1ccc(N2CC(c3noc(-c4cccs4)n3)CC2=O)c(F)c1. The van der Waals surface area contributed by atoms with Gasteiger partial charge in [-0.15, -0.1) is 11.3 Å². The van der Waals surface area contributed by atoms with E-state index in [9.17, 15) is 9.18 Å². The third kappa shape index (κ3) is 2.60. The topological polar surface area (TPSA) is 59.2 Å². The van der Waals surface area contributed by atoms with Crippen LogP contribution in [0.25, 0.3) is 10.8 Å². The monoisotopic (exact) mass is 343 g/mol. The van der Waals surface area contributed by atoms with Gasteiger partial charge in [-0.3, -0.25) is 4.79 Å². The molecule has 1 amide bonds. The summed E-state index contributed by atoms with van der Waals surface area (Å²) in [5.41, 5.74) is 1.12. The summed E-state index contributed by atoms with van der Waals surface area (Å²) in [7, 11) is 0. The summed E-state index contributed by atoms with van der Waals surface area (Å²) in [5.74, 6) is 0.214. The van der Waals surface area contributed by atoms with Gasteiger partial charge in [-0.1, -0.05) is 17.3 Å². The van der Waals surface area contributed by atoms with Crippen LogP contribution in [0, 0.1) is 12.7 Å². The summed E-state index contributed by atoms with van der Waals surface area (Å²) < 4.78 is 19.4. The van der Waals surface area contributed by atoms with Crippen molar-refractivity contribution in [2.24, 2.45) is 0 Å². The third-order valence-corrected chi connectivity index (χ3v) is 4.92. The highest BCUT2D eigenvalue weighted by molar-refractivity contribution is 7.13. The highest BCUT2D eigenvalue weighted by atomic mass is 32.1. The Bertz CT molecular complexity index is 891. The van der Waals surface area contributed by atoms with Gasteiger partial charge in [-0.25, -0.2) is 4.39 Å². The predicted octanol–water partition coefficient (Wildman–Crippen LogP) is 3.77. The minimum atomic E-state index is -0.392. The number of hydrogen-bond donors (Lipinski definition) is 0. The van der Waals surface area contributed by atoms with Crippen molar-refractivity contribution in [1.29, 1.82) is 0 Å². The first kappa shape index (κ1) is 15.0. The largest absolute Gasteiger partial charge is 0.333 e. The van der Waals surface area contributed by atoms with Gasteiger partial charge >= 0.3 is 0 Å². The number of benzene rings is 1. The molecule has 0 radical (unpaired) electrons. The van der Waals surface area contributed by atoms with E-state index in [2.05, 4.69) is 10.1 Å². The molecule has 4 rings (SSSR count). The number of carbonyl (C=O) groups is 1. The van der Waals surface area contributed by atoms with Crippen molar-refractivity contribution in [3.05, 3.63) is 52.9 Å². The van der Waals surface area contributed by atoms with Crippen LogP contribution in [0.4, 0.5) is 10.1 Å². The lowest BCUT2D eigenvalue weighted by Gasteiger charge is -2.17. The fourth-order valence-electron chi connectivity index (χ4n) is 2.85. The molecule has 1 saturated heterocycles. The van der Waals surface area contributed by atoms with E-state index in [1.807, 2.05) is 24.4 Å². The number of carbonyl (C=O) groups excluding carboxylic acids is 1. The van der Waals surface area contributed by atoms with Gasteiger partial charge in [0.15, 0.2) is 5.82 Å². The number of halogens is 1. The van der Waals surface area contributed by atoms with Crippen molar-refractivity contribution in [2.75, 3.05) is 11.4 Å². The van der Waals surface area contributed by atoms with E-state index in [4.69, 9.17) is 4.52 Å². The minimum Gasteiger partial charge on any atom is -0.333 e. The van der Waals surface area contributed by atoms with E-state index < -0.39 is 5.82 Å². The lowest BCUT2D eigenvalue weighted by Crippen LogP contribution is -2.25. The molecule has 0 N–H and O–H groups in total. The lowest BCUT2D eigenvalue weighted by molar-refractivity contribution is -0.117. The van der Waals surface area contributed by atoms with Gasteiger partial charge in [-0.05, 0) is 36.1 Å². The van der Waals surface area contributed by atoms with Crippen LogP contribution in [0.2, 0.25) is 0 Å². The van der Waals surface area contributed by atoms with Gasteiger partial charge in [0, 0.05) is 18.9 Å². The molecule has 1 unspecified atom stereocenters. The molecule has 2 aromatic heterocycles. The Morgan fingerprint density at radius 2 is 2.25 bits per heavy atom. The molecule has 5 nitrogen and oxygen atoms in total. The molecular weight excluding hydrogens is 329 g/mol. The molecule has 0 spiro atoms. The third-order valence-electron chi connectivity index (χ3n) is 4.06. The average molecular weight is 343 g/mol. The molecule has 0 saturated carbocycles. The number of aromatic nitrogens is 2. The zero-order valence-electron chi connectivity index (χ0n) is 12.9. The van der Waals surface area contributed by atoms with Crippen LogP contribution in [0.1, 0.15) is 23.7 Å². The summed E-state index contributed by atoms with van der Waals surface area (Å²) >= 11 is 1.51. The van der Waals surface area contributed by atoms with Crippen molar-refractivity contribution in [3.8, 4) is 10.8 Å². The fourth-order valence-corrected chi connectivity index (χ4v) is 3.49. The maximum absolute atomic E-state index is 14.2. The average Bonchev–Trinajstić information content (AvgIpc) is 3.27. The lowest BCUT2D eigenvalue weighted by atomic mass is 10.1. The zero-order chi connectivity index (χ0) is 16.7. The van der Waals surface area contributed by atoms with Crippen LogP contribution >= 0.6 is 11.3 Å². The van der Waals surface area contributed by atoms with E-state index in [0.29, 0.717) is 23.9 Å². The maximum Gasteiger partial charge on any atom is 0.267 e. The molecule has 122 valence electrons. The highest BCUT2D eigenvalue weighted by Crippen LogP contribution is 2.33. The van der Waals surface area contributed by atoms with Crippen molar-refractivity contribution < 1.29 is 13.7 Å². The Kier molecular flexibility index (Phi) is 3.65. The number of hydrogen-bond acceptors (Lipinski definition) is 5. The molecule has 1 fully saturated rings. The Hall–Kier alpha value is -2.54. The van der Waals surface area contributed by atoms with Crippen LogP contribution in [0.15, 0.2) is 40.2 Å². The summed E-state index contributed by atoms with van der Waals surface area (Å²) in [6, 6.07) is 8.67. The van der Waals surface area contributed by atoms with Gasteiger partial charge in [0.2, 0.25) is 5.91 Å². The van der Waals surface area contributed by atoms with Crippen LogP contribution in [-0.4, -0.2) is 22.6 Å². The summed E-state index contributed by atoms with van der Waals surface area (Å²) in [6.07, 6.45) is 0.247. The molecule has 1 aliphatic heterocycles. The van der Waals surface area contributed by atoms with E-state index in [-0.39, 0.29) is 18.2 Å². The Morgan fingerprint density at radius 3 is 3.00 bits per heavy atom. The molecule has 3 aromatic rings. The number of aryl methyl sites for hydroxylation is 1. The van der Waals surface area contributed by atoms with Crippen molar-refractivity contribution >= 4 is 22.9 Å². The summed E-state index contributed by atoms with van der Waals surface area (Å²) in [5, 5.41) is 5.93. The molecule has 0 aliphatic carbocycles. The predicted molar refractivity (Wildman–Crippen MR) is 88.5 cm³/mol.